The second-order valence-electron chi connectivity index (χ2n) is 4.39. The van der Waals surface area contributed by atoms with Gasteiger partial charge in [0.25, 0.3) is 0 Å². The highest BCUT2D eigenvalue weighted by Crippen LogP contribution is 2.29. The average molecular weight is 277 g/mol. The molecule has 1 fully saturated rings. The Labute approximate surface area is 114 Å². The molecule has 0 atom stereocenters. The van der Waals surface area contributed by atoms with Crippen molar-refractivity contribution in [2.45, 2.75) is 6.42 Å². The summed E-state index contributed by atoms with van der Waals surface area (Å²) in [5.41, 5.74) is 0. The fourth-order valence-corrected chi connectivity index (χ4v) is 2.94. The van der Waals surface area contributed by atoms with Gasteiger partial charge in [-0.25, -0.2) is 4.98 Å². The number of thiophene rings is 1. The second kappa shape index (κ2) is 5.00. The van der Waals surface area contributed by atoms with Crippen LogP contribution in [-0.4, -0.2) is 42.6 Å². The third kappa shape index (κ3) is 2.33. The van der Waals surface area contributed by atoms with E-state index in [1.54, 1.807) is 18.4 Å². The molecular weight excluding hydrogens is 262 g/mol. The molecule has 1 aliphatic heterocycles. The molecule has 0 radical (unpaired) electrons. The van der Waals surface area contributed by atoms with Gasteiger partial charge in [0.15, 0.2) is 0 Å². The van der Waals surface area contributed by atoms with Crippen molar-refractivity contribution in [3.05, 3.63) is 11.4 Å². The zero-order chi connectivity index (χ0) is 13.2. The number of amides is 1. The zero-order valence-electron chi connectivity index (χ0n) is 10.6. The predicted octanol–water partition coefficient (Wildman–Crippen LogP) is 1.06. The average Bonchev–Trinajstić information content (AvgIpc) is 2.79. The number of nitrogens with zero attached hydrogens (tertiary/aromatic N) is 3. The first-order valence-electron chi connectivity index (χ1n) is 6.22. The van der Waals surface area contributed by atoms with Gasteiger partial charge in [0.2, 0.25) is 11.9 Å². The molecule has 0 saturated carbocycles. The lowest BCUT2D eigenvalue weighted by Gasteiger charge is -2.21. The molecule has 0 aromatic carbocycles. The lowest BCUT2D eigenvalue weighted by atomic mass is 10.3. The van der Waals surface area contributed by atoms with Gasteiger partial charge in [0.05, 0.1) is 11.9 Å². The number of anilines is 2. The minimum atomic E-state index is 0.0468. The van der Waals surface area contributed by atoms with Crippen LogP contribution in [0.15, 0.2) is 11.4 Å². The molecule has 0 unspecified atom stereocenters. The molecule has 2 aromatic rings. The van der Waals surface area contributed by atoms with Crippen molar-refractivity contribution < 1.29 is 4.79 Å². The SMILES string of the molecule is CNc1nc(N2CCCNC(=O)C2)c2ccsc2n1. The van der Waals surface area contributed by atoms with E-state index >= 15 is 0 Å². The van der Waals surface area contributed by atoms with E-state index in [-0.39, 0.29) is 5.91 Å². The first-order chi connectivity index (χ1) is 9.28. The van der Waals surface area contributed by atoms with E-state index in [0.717, 1.165) is 35.5 Å². The van der Waals surface area contributed by atoms with Crippen LogP contribution in [0.4, 0.5) is 11.8 Å². The molecule has 2 aromatic heterocycles. The largest absolute Gasteiger partial charge is 0.357 e. The van der Waals surface area contributed by atoms with E-state index < -0.39 is 0 Å². The Morgan fingerprint density at radius 1 is 1.47 bits per heavy atom. The van der Waals surface area contributed by atoms with Crippen LogP contribution in [0.5, 0.6) is 0 Å². The Bertz CT molecular complexity index is 611. The first-order valence-corrected chi connectivity index (χ1v) is 7.10. The maximum Gasteiger partial charge on any atom is 0.239 e. The van der Waals surface area contributed by atoms with Crippen molar-refractivity contribution in [1.29, 1.82) is 0 Å². The van der Waals surface area contributed by atoms with Gasteiger partial charge in [0.1, 0.15) is 10.6 Å². The van der Waals surface area contributed by atoms with Gasteiger partial charge in [-0.2, -0.15) is 4.98 Å². The summed E-state index contributed by atoms with van der Waals surface area (Å²) < 4.78 is 0. The van der Waals surface area contributed by atoms with Gasteiger partial charge in [-0.1, -0.05) is 0 Å². The van der Waals surface area contributed by atoms with E-state index in [4.69, 9.17) is 0 Å². The van der Waals surface area contributed by atoms with Gasteiger partial charge >= 0.3 is 0 Å². The van der Waals surface area contributed by atoms with Crippen LogP contribution in [-0.2, 0) is 4.79 Å². The number of hydrogen-bond donors (Lipinski definition) is 2. The molecule has 7 heteroatoms. The first kappa shape index (κ1) is 12.2. The monoisotopic (exact) mass is 277 g/mol. The summed E-state index contributed by atoms with van der Waals surface area (Å²) in [5.74, 6) is 1.48. The van der Waals surface area contributed by atoms with E-state index in [2.05, 4.69) is 20.6 Å². The number of fused-ring (bicyclic) bond motifs is 1. The van der Waals surface area contributed by atoms with Gasteiger partial charge < -0.3 is 15.5 Å². The zero-order valence-corrected chi connectivity index (χ0v) is 11.5. The maximum atomic E-state index is 11.7. The Morgan fingerprint density at radius 3 is 3.21 bits per heavy atom. The molecule has 0 bridgehead atoms. The molecular formula is C12H15N5OS. The lowest BCUT2D eigenvalue weighted by molar-refractivity contribution is -0.119. The molecule has 19 heavy (non-hydrogen) atoms. The smallest absolute Gasteiger partial charge is 0.239 e. The van der Waals surface area contributed by atoms with Crippen molar-refractivity contribution >= 4 is 39.2 Å². The summed E-state index contributed by atoms with van der Waals surface area (Å²) in [7, 11) is 1.80. The summed E-state index contributed by atoms with van der Waals surface area (Å²) in [6.45, 7) is 1.90. The number of hydrogen-bond acceptors (Lipinski definition) is 6. The normalized spacial score (nSPS) is 16.3. The van der Waals surface area contributed by atoms with Gasteiger partial charge in [0, 0.05) is 20.1 Å². The lowest BCUT2D eigenvalue weighted by Crippen LogP contribution is -2.33. The summed E-state index contributed by atoms with van der Waals surface area (Å²) in [6, 6.07) is 2.01. The number of nitrogens with one attached hydrogen (secondary N) is 2. The van der Waals surface area contributed by atoms with Crippen molar-refractivity contribution in [3.8, 4) is 0 Å². The number of rotatable bonds is 2. The van der Waals surface area contributed by atoms with Crippen molar-refractivity contribution in [3.63, 3.8) is 0 Å². The van der Waals surface area contributed by atoms with E-state index in [0.29, 0.717) is 12.5 Å². The number of carbonyl (C=O) groups excluding carboxylic acids is 1. The third-order valence-corrected chi connectivity index (χ3v) is 3.90. The molecule has 2 N–H and O–H groups in total. The van der Waals surface area contributed by atoms with Crippen LogP contribution < -0.4 is 15.5 Å². The Balaban J connectivity index is 2.06. The maximum absolute atomic E-state index is 11.7. The molecule has 3 rings (SSSR count). The molecule has 0 spiro atoms. The highest BCUT2D eigenvalue weighted by molar-refractivity contribution is 7.16. The van der Waals surface area contributed by atoms with Crippen molar-refractivity contribution in [1.82, 2.24) is 15.3 Å². The number of aromatic nitrogens is 2. The topological polar surface area (TPSA) is 70.2 Å². The second-order valence-corrected chi connectivity index (χ2v) is 5.28. The van der Waals surface area contributed by atoms with Gasteiger partial charge in [-0.3, -0.25) is 4.79 Å². The Kier molecular flexibility index (Phi) is 3.20. The molecule has 6 nitrogen and oxygen atoms in total. The fraction of sp³-hybridized carbons (Fsp3) is 0.417. The number of carbonyl (C=O) groups is 1. The quantitative estimate of drug-likeness (QED) is 0.859. The summed E-state index contributed by atoms with van der Waals surface area (Å²) in [5, 5.41) is 8.86. The standard InChI is InChI=1S/C12H15N5OS/c1-13-12-15-10(8-3-6-19-11(8)16-12)17-5-2-4-14-9(18)7-17/h3,6H,2,4-5,7H2,1H3,(H,14,18)(H,13,15,16). The summed E-state index contributed by atoms with van der Waals surface area (Å²) in [4.78, 5) is 23.6. The van der Waals surface area contributed by atoms with Crippen molar-refractivity contribution in [2.24, 2.45) is 0 Å². The van der Waals surface area contributed by atoms with Crippen LogP contribution in [0.25, 0.3) is 10.2 Å². The Morgan fingerprint density at radius 2 is 2.37 bits per heavy atom. The minimum Gasteiger partial charge on any atom is -0.357 e. The van der Waals surface area contributed by atoms with Gasteiger partial charge in [-0.05, 0) is 17.9 Å². The van der Waals surface area contributed by atoms with Crippen LogP contribution in [0.1, 0.15) is 6.42 Å². The van der Waals surface area contributed by atoms with E-state index in [1.165, 1.54) is 0 Å². The van der Waals surface area contributed by atoms with Crippen LogP contribution in [0.3, 0.4) is 0 Å². The Hall–Kier alpha value is -1.89. The van der Waals surface area contributed by atoms with Crippen LogP contribution in [0, 0.1) is 0 Å². The molecule has 0 aliphatic carbocycles. The molecule has 1 amide bonds. The van der Waals surface area contributed by atoms with Gasteiger partial charge in [-0.15, -0.1) is 11.3 Å². The van der Waals surface area contributed by atoms with E-state index in [1.807, 2.05) is 16.3 Å². The molecule has 3 heterocycles. The molecule has 100 valence electrons. The third-order valence-electron chi connectivity index (χ3n) is 3.09. The summed E-state index contributed by atoms with van der Waals surface area (Å²) >= 11 is 1.58. The van der Waals surface area contributed by atoms with Crippen molar-refractivity contribution in [2.75, 3.05) is 36.9 Å². The predicted molar refractivity (Wildman–Crippen MR) is 76.8 cm³/mol. The van der Waals surface area contributed by atoms with E-state index in [9.17, 15) is 4.79 Å². The summed E-state index contributed by atoms with van der Waals surface area (Å²) in [6.07, 6.45) is 0.927. The van der Waals surface area contributed by atoms with Crippen LogP contribution in [0.2, 0.25) is 0 Å². The fourth-order valence-electron chi connectivity index (χ4n) is 2.18. The molecule has 1 aliphatic rings. The molecule has 1 saturated heterocycles. The van der Waals surface area contributed by atoms with Crippen LogP contribution >= 0.6 is 11.3 Å². The highest BCUT2D eigenvalue weighted by atomic mass is 32.1. The highest BCUT2D eigenvalue weighted by Gasteiger charge is 2.19. The minimum absolute atomic E-state index is 0.0468.